The van der Waals surface area contributed by atoms with Crippen molar-refractivity contribution < 1.29 is 9.13 Å². The standard InChI is InChI=1S/C16H21FN6O/c1-22-8-12(5-20-22)9-23-3-2-16(11-23)4-14(10-24-16)21-15-18-6-13(17)7-19-15/h5-8,14H,2-4,9-11H2,1H3,(H,18,19,21)/t14-,16-/m1/s1. The van der Waals surface area contributed by atoms with E-state index in [2.05, 4.69) is 31.5 Å². The fourth-order valence-electron chi connectivity index (χ4n) is 3.66. The summed E-state index contributed by atoms with van der Waals surface area (Å²) in [5, 5.41) is 7.46. The Hall–Kier alpha value is -2.06. The van der Waals surface area contributed by atoms with Crippen molar-refractivity contribution in [3.63, 3.8) is 0 Å². The van der Waals surface area contributed by atoms with Gasteiger partial charge in [0, 0.05) is 44.9 Å². The number of anilines is 1. The van der Waals surface area contributed by atoms with Crippen LogP contribution in [0.15, 0.2) is 24.8 Å². The van der Waals surface area contributed by atoms with Crippen LogP contribution in [0.1, 0.15) is 18.4 Å². The monoisotopic (exact) mass is 332 g/mol. The van der Waals surface area contributed by atoms with Gasteiger partial charge in [-0.1, -0.05) is 0 Å². The molecule has 2 aliphatic heterocycles. The van der Waals surface area contributed by atoms with Crippen molar-refractivity contribution in [1.29, 1.82) is 0 Å². The first-order valence-corrected chi connectivity index (χ1v) is 8.18. The van der Waals surface area contributed by atoms with Crippen LogP contribution >= 0.6 is 0 Å². The van der Waals surface area contributed by atoms with Crippen LogP contribution in [0.25, 0.3) is 0 Å². The second kappa shape index (κ2) is 6.10. The molecule has 1 spiro atoms. The molecule has 4 rings (SSSR count). The minimum Gasteiger partial charge on any atom is -0.371 e. The fraction of sp³-hybridized carbons (Fsp3) is 0.562. The zero-order valence-electron chi connectivity index (χ0n) is 13.7. The number of halogens is 1. The highest BCUT2D eigenvalue weighted by Gasteiger charge is 2.45. The largest absolute Gasteiger partial charge is 0.371 e. The van der Waals surface area contributed by atoms with Gasteiger partial charge in [0.1, 0.15) is 0 Å². The lowest BCUT2D eigenvalue weighted by Gasteiger charge is -2.23. The SMILES string of the molecule is Cn1cc(CN2CC[C@@]3(C[C@@H](Nc4ncc(F)cn4)CO3)C2)cn1. The molecule has 2 aromatic rings. The normalized spacial score (nSPS) is 27.2. The molecule has 0 aliphatic carbocycles. The Bertz CT molecular complexity index is 705. The Balaban J connectivity index is 1.33. The molecule has 0 saturated carbocycles. The van der Waals surface area contributed by atoms with Gasteiger partial charge in [-0.25, -0.2) is 14.4 Å². The van der Waals surface area contributed by atoms with Gasteiger partial charge in [0.15, 0.2) is 5.82 Å². The highest BCUT2D eigenvalue weighted by Crippen LogP contribution is 2.36. The Morgan fingerprint density at radius 1 is 1.38 bits per heavy atom. The quantitative estimate of drug-likeness (QED) is 0.907. The molecule has 7 nitrogen and oxygen atoms in total. The third-order valence-corrected chi connectivity index (χ3v) is 4.72. The summed E-state index contributed by atoms with van der Waals surface area (Å²) in [7, 11) is 1.93. The highest BCUT2D eigenvalue weighted by atomic mass is 19.1. The Kier molecular flexibility index (Phi) is 3.93. The molecular formula is C16H21FN6O. The van der Waals surface area contributed by atoms with E-state index in [-0.39, 0.29) is 11.6 Å². The van der Waals surface area contributed by atoms with Gasteiger partial charge in [0.05, 0.1) is 36.8 Å². The van der Waals surface area contributed by atoms with Crippen molar-refractivity contribution in [3.05, 3.63) is 36.2 Å². The maximum Gasteiger partial charge on any atom is 0.223 e. The third kappa shape index (κ3) is 3.25. The van der Waals surface area contributed by atoms with Gasteiger partial charge >= 0.3 is 0 Å². The average molecular weight is 332 g/mol. The molecule has 128 valence electrons. The van der Waals surface area contributed by atoms with Crippen LogP contribution in [-0.4, -0.2) is 56.0 Å². The van der Waals surface area contributed by atoms with Crippen LogP contribution in [-0.2, 0) is 18.3 Å². The van der Waals surface area contributed by atoms with E-state index in [1.807, 2.05) is 17.9 Å². The summed E-state index contributed by atoms with van der Waals surface area (Å²) in [5.41, 5.74) is 1.13. The smallest absolute Gasteiger partial charge is 0.223 e. The first-order valence-electron chi connectivity index (χ1n) is 8.18. The van der Waals surface area contributed by atoms with Crippen molar-refractivity contribution in [2.75, 3.05) is 25.0 Å². The number of nitrogens with one attached hydrogen (secondary N) is 1. The molecule has 0 aromatic carbocycles. The zero-order chi connectivity index (χ0) is 16.6. The maximum absolute atomic E-state index is 12.9. The van der Waals surface area contributed by atoms with E-state index in [4.69, 9.17) is 4.74 Å². The minimum atomic E-state index is -0.429. The summed E-state index contributed by atoms with van der Waals surface area (Å²) in [6.45, 7) is 3.47. The number of nitrogens with zero attached hydrogens (tertiary/aromatic N) is 5. The molecule has 4 heterocycles. The molecule has 2 saturated heterocycles. The van der Waals surface area contributed by atoms with E-state index < -0.39 is 5.82 Å². The highest BCUT2D eigenvalue weighted by molar-refractivity contribution is 5.26. The molecule has 2 fully saturated rings. The van der Waals surface area contributed by atoms with E-state index in [1.165, 1.54) is 18.0 Å². The van der Waals surface area contributed by atoms with E-state index in [0.29, 0.717) is 12.6 Å². The molecule has 0 radical (unpaired) electrons. The maximum atomic E-state index is 12.9. The molecule has 0 bridgehead atoms. The summed E-state index contributed by atoms with van der Waals surface area (Å²) in [6, 6.07) is 0.161. The van der Waals surface area contributed by atoms with Crippen molar-refractivity contribution in [3.8, 4) is 0 Å². The molecule has 24 heavy (non-hydrogen) atoms. The summed E-state index contributed by atoms with van der Waals surface area (Å²) in [6.07, 6.45) is 8.25. The van der Waals surface area contributed by atoms with Crippen LogP contribution in [0.4, 0.5) is 10.3 Å². The van der Waals surface area contributed by atoms with Gasteiger partial charge in [-0.3, -0.25) is 9.58 Å². The van der Waals surface area contributed by atoms with Gasteiger partial charge in [0.25, 0.3) is 0 Å². The van der Waals surface area contributed by atoms with E-state index >= 15 is 0 Å². The van der Waals surface area contributed by atoms with Crippen LogP contribution in [0, 0.1) is 5.82 Å². The Morgan fingerprint density at radius 3 is 2.96 bits per heavy atom. The third-order valence-electron chi connectivity index (χ3n) is 4.72. The van der Waals surface area contributed by atoms with Crippen LogP contribution in [0.2, 0.25) is 0 Å². The van der Waals surface area contributed by atoms with Crippen LogP contribution in [0.5, 0.6) is 0 Å². The molecule has 1 N–H and O–H groups in total. The van der Waals surface area contributed by atoms with Gasteiger partial charge in [-0.15, -0.1) is 0 Å². The Labute approximate surface area is 139 Å². The zero-order valence-corrected chi connectivity index (χ0v) is 13.7. The summed E-state index contributed by atoms with van der Waals surface area (Å²) in [5.74, 6) is 0.0220. The number of likely N-dealkylation sites (tertiary alicyclic amines) is 1. The lowest BCUT2D eigenvalue weighted by atomic mass is 9.97. The lowest BCUT2D eigenvalue weighted by molar-refractivity contribution is 0.0120. The van der Waals surface area contributed by atoms with Crippen molar-refractivity contribution in [2.24, 2.45) is 7.05 Å². The lowest BCUT2D eigenvalue weighted by Crippen LogP contribution is -2.33. The average Bonchev–Trinajstić information content (AvgIpc) is 3.25. The van der Waals surface area contributed by atoms with Crippen molar-refractivity contribution >= 4 is 5.95 Å². The fourth-order valence-corrected chi connectivity index (χ4v) is 3.66. The summed E-state index contributed by atoms with van der Waals surface area (Å²) < 4.78 is 20.8. The molecule has 0 amide bonds. The van der Waals surface area contributed by atoms with E-state index in [0.717, 1.165) is 32.5 Å². The minimum absolute atomic E-state index is 0.0973. The predicted molar refractivity (Wildman–Crippen MR) is 85.8 cm³/mol. The number of hydrogen-bond acceptors (Lipinski definition) is 6. The number of aromatic nitrogens is 4. The topological polar surface area (TPSA) is 68.1 Å². The molecule has 8 heteroatoms. The molecule has 2 atom stereocenters. The molecule has 2 aliphatic rings. The summed E-state index contributed by atoms with van der Waals surface area (Å²) in [4.78, 5) is 10.3. The van der Waals surface area contributed by atoms with Gasteiger partial charge in [-0.05, 0) is 6.42 Å². The second-order valence-electron chi connectivity index (χ2n) is 6.75. The first kappa shape index (κ1) is 15.5. The van der Waals surface area contributed by atoms with Crippen molar-refractivity contribution in [2.45, 2.75) is 31.0 Å². The number of rotatable bonds is 4. The number of ether oxygens (including phenoxy) is 1. The Morgan fingerprint density at radius 2 is 2.21 bits per heavy atom. The predicted octanol–water partition coefficient (Wildman–Crippen LogP) is 1.19. The van der Waals surface area contributed by atoms with Crippen molar-refractivity contribution in [1.82, 2.24) is 24.6 Å². The second-order valence-corrected chi connectivity index (χ2v) is 6.75. The first-order chi connectivity index (χ1) is 11.6. The number of hydrogen-bond donors (Lipinski definition) is 1. The molecular weight excluding hydrogens is 311 g/mol. The molecule has 2 aromatic heterocycles. The van der Waals surface area contributed by atoms with Crippen LogP contribution in [0.3, 0.4) is 0 Å². The van der Waals surface area contributed by atoms with E-state index in [1.54, 1.807) is 0 Å². The van der Waals surface area contributed by atoms with Gasteiger partial charge in [0.2, 0.25) is 5.95 Å². The van der Waals surface area contributed by atoms with Gasteiger partial charge < -0.3 is 10.1 Å². The van der Waals surface area contributed by atoms with E-state index in [9.17, 15) is 4.39 Å². The number of aryl methyl sites for hydroxylation is 1. The van der Waals surface area contributed by atoms with Gasteiger partial charge in [-0.2, -0.15) is 5.10 Å². The van der Waals surface area contributed by atoms with Crippen LogP contribution < -0.4 is 5.32 Å². The molecule has 0 unspecified atom stereocenters. The summed E-state index contributed by atoms with van der Waals surface area (Å²) >= 11 is 0.